The smallest absolute Gasteiger partial charge is 0.329 e. The number of hydrogen-bond acceptors (Lipinski definition) is 4. The van der Waals surface area contributed by atoms with Gasteiger partial charge in [-0.3, -0.25) is 4.79 Å². The van der Waals surface area contributed by atoms with E-state index in [1.807, 2.05) is 0 Å². The highest BCUT2D eigenvalue weighted by Crippen LogP contribution is 2.29. The zero-order valence-corrected chi connectivity index (χ0v) is 10.5. The van der Waals surface area contributed by atoms with E-state index in [9.17, 15) is 9.59 Å². The van der Waals surface area contributed by atoms with Crippen LogP contribution < -0.4 is 5.32 Å². The summed E-state index contributed by atoms with van der Waals surface area (Å²) in [6, 6.07) is -0.623. The fourth-order valence-electron chi connectivity index (χ4n) is 1.63. The average Bonchev–Trinajstić information content (AvgIpc) is 2.17. The number of esters is 1. The highest BCUT2D eigenvalue weighted by atomic mass is 32.1. The van der Waals surface area contributed by atoms with Gasteiger partial charge in [0.25, 0.3) is 0 Å². The first-order valence-corrected chi connectivity index (χ1v) is 6.31. The Hall–Kier alpha value is -0.710. The molecule has 0 aliphatic heterocycles. The summed E-state index contributed by atoms with van der Waals surface area (Å²) >= 11 is 4.01. The molecule has 1 fully saturated rings. The quantitative estimate of drug-likeness (QED) is 0.545. The van der Waals surface area contributed by atoms with Gasteiger partial charge < -0.3 is 10.1 Å². The summed E-state index contributed by atoms with van der Waals surface area (Å²) in [5, 5.41) is 2.51. The molecular weight excluding hydrogens is 226 g/mol. The van der Waals surface area contributed by atoms with Crippen molar-refractivity contribution in [2.24, 2.45) is 5.92 Å². The van der Waals surface area contributed by atoms with Gasteiger partial charge in [0.1, 0.15) is 6.04 Å². The van der Waals surface area contributed by atoms with Gasteiger partial charge in [-0.2, -0.15) is 12.6 Å². The van der Waals surface area contributed by atoms with Crippen LogP contribution in [0.1, 0.15) is 32.6 Å². The maximum atomic E-state index is 11.5. The summed E-state index contributed by atoms with van der Waals surface area (Å²) in [4.78, 5) is 22.3. The Morgan fingerprint density at radius 1 is 1.50 bits per heavy atom. The monoisotopic (exact) mass is 245 g/mol. The normalized spacial score (nSPS) is 17.4. The van der Waals surface area contributed by atoms with Gasteiger partial charge in [-0.1, -0.05) is 19.3 Å². The van der Waals surface area contributed by atoms with Crippen molar-refractivity contribution in [3.8, 4) is 0 Å². The molecule has 92 valence electrons. The lowest BCUT2D eigenvalue weighted by atomic mass is 9.83. The number of carbonyl (C=O) groups is 2. The second kappa shape index (κ2) is 6.78. The van der Waals surface area contributed by atoms with Crippen LogP contribution >= 0.6 is 12.6 Å². The topological polar surface area (TPSA) is 55.4 Å². The highest BCUT2D eigenvalue weighted by molar-refractivity contribution is 7.80. The first-order chi connectivity index (χ1) is 7.63. The molecule has 0 bridgehead atoms. The van der Waals surface area contributed by atoms with Crippen LogP contribution in [-0.2, 0) is 14.3 Å². The molecule has 1 atom stereocenters. The molecule has 0 aromatic rings. The Labute approximate surface area is 102 Å². The molecule has 16 heavy (non-hydrogen) atoms. The molecule has 1 N–H and O–H groups in total. The zero-order chi connectivity index (χ0) is 12.0. The van der Waals surface area contributed by atoms with E-state index in [1.165, 1.54) is 26.2 Å². The molecule has 0 radical (unpaired) electrons. The third-order valence-corrected chi connectivity index (χ3v) is 3.20. The summed E-state index contributed by atoms with van der Waals surface area (Å²) in [6.45, 7) is 1.82. The van der Waals surface area contributed by atoms with Crippen molar-refractivity contribution in [3.05, 3.63) is 0 Å². The van der Waals surface area contributed by atoms with Gasteiger partial charge in [0, 0.05) is 12.7 Å². The van der Waals surface area contributed by atoms with E-state index in [0.717, 1.165) is 12.3 Å². The van der Waals surface area contributed by atoms with Crippen molar-refractivity contribution < 1.29 is 14.3 Å². The number of nitrogens with one attached hydrogen (secondary N) is 1. The molecule has 4 nitrogen and oxygen atoms in total. The predicted octanol–water partition coefficient (Wildman–Crippen LogP) is 1.15. The van der Waals surface area contributed by atoms with Crippen LogP contribution in [0.25, 0.3) is 0 Å². The van der Waals surface area contributed by atoms with Gasteiger partial charge in [0.05, 0.1) is 6.61 Å². The molecule has 1 rings (SSSR count). The SMILES string of the molecule is CC(=O)N[C@@H](CS)C(=O)OCCC1CCC1. The first kappa shape index (κ1) is 13.4. The third kappa shape index (κ3) is 4.43. The maximum absolute atomic E-state index is 11.5. The van der Waals surface area contributed by atoms with E-state index in [0.29, 0.717) is 6.61 Å². The molecule has 0 aromatic carbocycles. The number of rotatable bonds is 6. The van der Waals surface area contributed by atoms with Gasteiger partial charge in [-0.15, -0.1) is 0 Å². The molecule has 5 heteroatoms. The molecule has 0 unspecified atom stereocenters. The fourth-order valence-corrected chi connectivity index (χ4v) is 1.87. The number of thiol groups is 1. The molecule has 1 saturated carbocycles. The Kier molecular flexibility index (Phi) is 5.66. The van der Waals surface area contributed by atoms with Gasteiger partial charge in [-0.25, -0.2) is 4.79 Å². The number of ether oxygens (including phenoxy) is 1. The lowest BCUT2D eigenvalue weighted by Gasteiger charge is -2.25. The maximum Gasteiger partial charge on any atom is 0.329 e. The summed E-state index contributed by atoms with van der Waals surface area (Å²) in [5.41, 5.74) is 0. The summed E-state index contributed by atoms with van der Waals surface area (Å²) in [7, 11) is 0. The van der Waals surface area contributed by atoms with E-state index in [-0.39, 0.29) is 17.6 Å². The fraction of sp³-hybridized carbons (Fsp3) is 0.818. The molecule has 1 aliphatic rings. The molecular formula is C11H19NO3S. The van der Waals surface area contributed by atoms with Crippen molar-refractivity contribution >= 4 is 24.5 Å². The molecule has 1 amide bonds. The lowest BCUT2D eigenvalue weighted by Crippen LogP contribution is -2.42. The van der Waals surface area contributed by atoms with Crippen molar-refractivity contribution in [1.29, 1.82) is 0 Å². The van der Waals surface area contributed by atoms with Crippen molar-refractivity contribution in [1.82, 2.24) is 5.32 Å². The highest BCUT2D eigenvalue weighted by Gasteiger charge is 2.21. The summed E-state index contributed by atoms with van der Waals surface area (Å²) in [5.74, 6) is 0.365. The van der Waals surface area contributed by atoms with Crippen LogP contribution in [0.4, 0.5) is 0 Å². The molecule has 0 saturated heterocycles. The minimum absolute atomic E-state index is 0.241. The lowest BCUT2D eigenvalue weighted by molar-refractivity contribution is -0.147. The van der Waals surface area contributed by atoms with E-state index in [1.54, 1.807) is 0 Å². The molecule has 1 aliphatic carbocycles. The Balaban J connectivity index is 2.17. The van der Waals surface area contributed by atoms with E-state index >= 15 is 0 Å². The van der Waals surface area contributed by atoms with Gasteiger partial charge in [0.2, 0.25) is 5.91 Å². The minimum atomic E-state index is -0.623. The van der Waals surface area contributed by atoms with E-state index in [4.69, 9.17) is 4.74 Å². The molecule has 0 spiro atoms. The second-order valence-electron chi connectivity index (χ2n) is 4.19. The average molecular weight is 245 g/mol. The van der Waals surface area contributed by atoms with Crippen molar-refractivity contribution in [3.63, 3.8) is 0 Å². The van der Waals surface area contributed by atoms with Gasteiger partial charge in [0.15, 0.2) is 0 Å². The second-order valence-corrected chi connectivity index (χ2v) is 4.55. The summed E-state index contributed by atoms with van der Waals surface area (Å²) < 4.78 is 5.10. The van der Waals surface area contributed by atoms with Crippen LogP contribution in [0, 0.1) is 5.92 Å². The Bertz CT molecular complexity index is 254. The van der Waals surface area contributed by atoms with Gasteiger partial charge in [-0.05, 0) is 12.3 Å². The van der Waals surface area contributed by atoms with Gasteiger partial charge >= 0.3 is 5.97 Å². The first-order valence-electron chi connectivity index (χ1n) is 5.68. The Morgan fingerprint density at radius 2 is 2.19 bits per heavy atom. The van der Waals surface area contributed by atoms with E-state index < -0.39 is 6.04 Å². The van der Waals surface area contributed by atoms with Crippen LogP contribution in [0.15, 0.2) is 0 Å². The van der Waals surface area contributed by atoms with Crippen LogP contribution in [0.5, 0.6) is 0 Å². The van der Waals surface area contributed by atoms with Crippen molar-refractivity contribution in [2.45, 2.75) is 38.6 Å². The largest absolute Gasteiger partial charge is 0.464 e. The third-order valence-electron chi connectivity index (χ3n) is 2.84. The number of hydrogen-bond donors (Lipinski definition) is 2. The molecule has 0 heterocycles. The van der Waals surface area contributed by atoms with Crippen LogP contribution in [0.2, 0.25) is 0 Å². The zero-order valence-electron chi connectivity index (χ0n) is 9.57. The Morgan fingerprint density at radius 3 is 2.62 bits per heavy atom. The summed E-state index contributed by atoms with van der Waals surface area (Å²) in [6.07, 6.45) is 4.73. The number of amides is 1. The molecule has 0 aromatic heterocycles. The standard InChI is InChI=1S/C11H19NO3S/c1-8(13)12-10(7-16)11(14)15-6-5-9-3-2-4-9/h9-10,16H,2-7H2,1H3,(H,12,13)/t10-/m0/s1. The van der Waals surface area contributed by atoms with Crippen LogP contribution in [0.3, 0.4) is 0 Å². The van der Waals surface area contributed by atoms with Crippen LogP contribution in [-0.4, -0.2) is 30.3 Å². The van der Waals surface area contributed by atoms with E-state index in [2.05, 4.69) is 17.9 Å². The number of carbonyl (C=O) groups excluding carboxylic acids is 2. The van der Waals surface area contributed by atoms with Crippen molar-refractivity contribution in [2.75, 3.05) is 12.4 Å². The predicted molar refractivity (Wildman–Crippen MR) is 64.4 cm³/mol. The minimum Gasteiger partial charge on any atom is -0.464 e.